The number of nitrogens with zero attached hydrogens (tertiary/aromatic N) is 1. The number of anilines is 2. The number of sulfonamides is 1. The molecule has 8 heteroatoms. The van der Waals surface area contributed by atoms with E-state index in [1.165, 1.54) is 31.0 Å². The van der Waals surface area contributed by atoms with Gasteiger partial charge in [0.15, 0.2) is 0 Å². The highest BCUT2D eigenvalue weighted by Crippen LogP contribution is 2.34. The van der Waals surface area contributed by atoms with E-state index in [0.717, 1.165) is 23.6 Å². The Morgan fingerprint density at radius 2 is 2.04 bits per heavy atom. The smallest absolute Gasteiger partial charge is 0.241 e. The van der Waals surface area contributed by atoms with Gasteiger partial charge < -0.3 is 10.6 Å². The van der Waals surface area contributed by atoms with E-state index < -0.39 is 15.8 Å². The first-order chi connectivity index (χ1) is 12.4. The summed E-state index contributed by atoms with van der Waals surface area (Å²) >= 11 is 0. The largest absolute Gasteiger partial charge is 0.325 e. The Morgan fingerprint density at radius 3 is 2.77 bits per heavy atom. The molecule has 3 fully saturated rings. The van der Waals surface area contributed by atoms with Crippen LogP contribution in [-0.2, 0) is 14.8 Å². The third-order valence-electron chi connectivity index (χ3n) is 5.76. The van der Waals surface area contributed by atoms with Crippen LogP contribution >= 0.6 is 0 Å². The molecule has 0 radical (unpaired) electrons. The molecule has 2 saturated heterocycles. The fraction of sp³-hybridized carbons (Fsp3) is 0.611. The number of benzene rings is 1. The minimum absolute atomic E-state index is 0.00773. The first-order valence-corrected chi connectivity index (χ1v) is 10.9. The number of hydrogen-bond donors (Lipinski definition) is 2. The van der Waals surface area contributed by atoms with Gasteiger partial charge in [0.05, 0.1) is 17.5 Å². The maximum atomic E-state index is 14.2. The standard InChI is InChI=1S/C18H24FN3O3S/c19-14-7-6-13(11-17(14)22-8-3-9-26(22,24)25)20-18(23)16-10-12-4-1-2-5-15(12)21-16/h6-7,11-12,15-16,21H,1-5,8-10H2,(H,20,23). The average Bonchev–Trinajstić information content (AvgIpc) is 3.19. The normalized spacial score (nSPS) is 30.2. The van der Waals surface area contributed by atoms with Crippen LogP contribution in [0.25, 0.3) is 0 Å². The van der Waals surface area contributed by atoms with Gasteiger partial charge in [-0.3, -0.25) is 9.10 Å². The molecular formula is C18H24FN3O3S. The van der Waals surface area contributed by atoms with E-state index in [9.17, 15) is 17.6 Å². The number of hydrogen-bond acceptors (Lipinski definition) is 4. The molecule has 3 atom stereocenters. The van der Waals surface area contributed by atoms with Gasteiger partial charge in [-0.05, 0) is 49.8 Å². The van der Waals surface area contributed by atoms with E-state index >= 15 is 0 Å². The fourth-order valence-electron chi connectivity index (χ4n) is 4.44. The number of carbonyl (C=O) groups is 1. The summed E-state index contributed by atoms with van der Waals surface area (Å²) < 4.78 is 39.4. The van der Waals surface area contributed by atoms with Gasteiger partial charge in [-0.25, -0.2) is 12.8 Å². The minimum atomic E-state index is -3.47. The summed E-state index contributed by atoms with van der Waals surface area (Å²) in [5.74, 6) is -0.157. The zero-order chi connectivity index (χ0) is 18.3. The van der Waals surface area contributed by atoms with E-state index in [4.69, 9.17) is 0 Å². The Balaban J connectivity index is 1.48. The molecule has 6 nitrogen and oxygen atoms in total. The Hall–Kier alpha value is -1.67. The van der Waals surface area contributed by atoms with Gasteiger partial charge in [0.1, 0.15) is 5.82 Å². The number of amides is 1. The monoisotopic (exact) mass is 381 g/mol. The molecule has 1 aromatic rings. The molecule has 0 spiro atoms. The molecule has 1 aliphatic carbocycles. The Morgan fingerprint density at radius 1 is 1.23 bits per heavy atom. The molecule has 2 aliphatic heterocycles. The number of halogens is 1. The van der Waals surface area contributed by atoms with Crippen LogP contribution in [0.1, 0.15) is 38.5 Å². The summed E-state index contributed by atoms with van der Waals surface area (Å²) in [6.07, 6.45) is 6.01. The van der Waals surface area contributed by atoms with E-state index in [0.29, 0.717) is 24.1 Å². The van der Waals surface area contributed by atoms with Gasteiger partial charge in [-0.1, -0.05) is 12.8 Å². The zero-order valence-electron chi connectivity index (χ0n) is 14.6. The minimum Gasteiger partial charge on any atom is -0.325 e. The van der Waals surface area contributed by atoms with Crippen LogP contribution < -0.4 is 14.9 Å². The quantitative estimate of drug-likeness (QED) is 0.842. The molecule has 3 unspecified atom stereocenters. The predicted molar refractivity (Wildman–Crippen MR) is 98.1 cm³/mol. The van der Waals surface area contributed by atoms with Gasteiger partial charge in [0.25, 0.3) is 0 Å². The van der Waals surface area contributed by atoms with Gasteiger partial charge in [-0.2, -0.15) is 0 Å². The van der Waals surface area contributed by atoms with Crippen molar-refractivity contribution in [1.29, 1.82) is 0 Å². The van der Waals surface area contributed by atoms with Gasteiger partial charge in [0, 0.05) is 18.3 Å². The zero-order valence-corrected chi connectivity index (χ0v) is 15.4. The van der Waals surface area contributed by atoms with Crippen molar-refractivity contribution < 1.29 is 17.6 Å². The van der Waals surface area contributed by atoms with Crippen LogP contribution in [-0.4, -0.2) is 38.7 Å². The third kappa shape index (κ3) is 3.32. The maximum absolute atomic E-state index is 14.2. The summed E-state index contributed by atoms with van der Waals surface area (Å²) in [4.78, 5) is 12.6. The second-order valence-corrected chi connectivity index (χ2v) is 9.52. The van der Waals surface area contributed by atoms with E-state index in [2.05, 4.69) is 10.6 Å². The molecule has 1 amide bonds. The van der Waals surface area contributed by atoms with Crippen molar-refractivity contribution in [1.82, 2.24) is 5.32 Å². The van der Waals surface area contributed by atoms with Gasteiger partial charge >= 0.3 is 0 Å². The lowest BCUT2D eigenvalue weighted by Gasteiger charge is -2.24. The summed E-state index contributed by atoms with van der Waals surface area (Å²) in [6.45, 7) is 0.268. The summed E-state index contributed by atoms with van der Waals surface area (Å²) in [7, 11) is -3.47. The van der Waals surface area contributed by atoms with Crippen molar-refractivity contribution in [3.05, 3.63) is 24.0 Å². The number of fused-ring (bicyclic) bond motifs is 1. The van der Waals surface area contributed by atoms with Crippen LogP contribution in [0.5, 0.6) is 0 Å². The van der Waals surface area contributed by atoms with Crippen LogP contribution in [0.4, 0.5) is 15.8 Å². The van der Waals surface area contributed by atoms with Gasteiger partial charge in [-0.15, -0.1) is 0 Å². The number of nitrogens with one attached hydrogen (secondary N) is 2. The highest BCUT2D eigenvalue weighted by molar-refractivity contribution is 7.93. The summed E-state index contributed by atoms with van der Waals surface area (Å²) in [6, 6.07) is 4.27. The van der Waals surface area contributed by atoms with Crippen LogP contribution in [0, 0.1) is 11.7 Å². The lowest BCUT2D eigenvalue weighted by Crippen LogP contribution is -2.39. The first-order valence-electron chi connectivity index (χ1n) is 9.31. The molecule has 0 bridgehead atoms. The van der Waals surface area contributed by atoms with Crippen molar-refractivity contribution in [2.24, 2.45) is 5.92 Å². The van der Waals surface area contributed by atoms with E-state index in [1.54, 1.807) is 0 Å². The van der Waals surface area contributed by atoms with Crippen molar-refractivity contribution in [3.63, 3.8) is 0 Å². The first kappa shape index (κ1) is 17.7. The number of carbonyl (C=O) groups excluding carboxylic acids is 1. The molecule has 1 aromatic carbocycles. The Kier molecular flexibility index (Phi) is 4.64. The topological polar surface area (TPSA) is 78.5 Å². The summed E-state index contributed by atoms with van der Waals surface area (Å²) in [5.41, 5.74) is 0.429. The summed E-state index contributed by atoms with van der Waals surface area (Å²) in [5, 5.41) is 6.24. The van der Waals surface area contributed by atoms with Gasteiger partial charge in [0.2, 0.25) is 15.9 Å². The Labute approximate surface area is 153 Å². The van der Waals surface area contributed by atoms with Crippen LogP contribution in [0.2, 0.25) is 0 Å². The van der Waals surface area contributed by atoms with Crippen molar-refractivity contribution in [3.8, 4) is 0 Å². The molecule has 2 N–H and O–H groups in total. The fourth-order valence-corrected chi connectivity index (χ4v) is 6.00. The molecule has 0 aromatic heterocycles. The molecular weight excluding hydrogens is 357 g/mol. The molecule has 142 valence electrons. The highest BCUT2D eigenvalue weighted by atomic mass is 32.2. The van der Waals surface area contributed by atoms with E-state index in [1.807, 2.05) is 0 Å². The predicted octanol–water partition coefficient (Wildman–Crippen LogP) is 2.22. The van der Waals surface area contributed by atoms with Crippen LogP contribution in [0.3, 0.4) is 0 Å². The van der Waals surface area contributed by atoms with Crippen molar-refractivity contribution >= 4 is 27.3 Å². The third-order valence-corrected chi connectivity index (χ3v) is 7.62. The van der Waals surface area contributed by atoms with Crippen LogP contribution in [0.15, 0.2) is 18.2 Å². The molecule has 4 rings (SSSR count). The molecule has 1 saturated carbocycles. The average molecular weight is 381 g/mol. The second-order valence-electron chi connectivity index (χ2n) is 7.50. The van der Waals surface area contributed by atoms with E-state index in [-0.39, 0.29) is 29.9 Å². The lowest BCUT2D eigenvalue weighted by molar-refractivity contribution is -0.117. The maximum Gasteiger partial charge on any atom is 0.241 e. The lowest BCUT2D eigenvalue weighted by atomic mass is 9.85. The van der Waals surface area contributed by atoms with Crippen molar-refractivity contribution in [2.45, 2.75) is 50.6 Å². The second kappa shape index (κ2) is 6.81. The van der Waals surface area contributed by atoms with Crippen molar-refractivity contribution in [2.75, 3.05) is 21.9 Å². The molecule has 26 heavy (non-hydrogen) atoms. The Bertz CT molecular complexity index is 800. The highest BCUT2D eigenvalue weighted by Gasteiger charge is 2.38. The SMILES string of the molecule is O=C(Nc1ccc(F)c(N2CCCS2(=O)=O)c1)C1CC2CCCCC2N1. The number of rotatable bonds is 3. The molecule has 3 aliphatic rings. The molecule has 2 heterocycles.